The molecule has 2 nitrogen and oxygen atoms in total. The number of thiophene rings is 1. The lowest BCUT2D eigenvalue weighted by Crippen LogP contribution is -2.21. The van der Waals surface area contributed by atoms with Crippen LogP contribution in [-0.4, -0.2) is 11.5 Å². The lowest BCUT2D eigenvalue weighted by molar-refractivity contribution is 0.633. The number of hydrogen-bond donors (Lipinski definition) is 1. The van der Waals surface area contributed by atoms with Gasteiger partial charge in [-0.15, -0.1) is 22.7 Å². The van der Waals surface area contributed by atoms with E-state index in [1.165, 1.54) is 4.88 Å². The highest BCUT2D eigenvalue weighted by atomic mass is 79.9. The first-order valence-corrected chi connectivity index (χ1v) is 7.66. The van der Waals surface area contributed by atoms with Gasteiger partial charge in [0.2, 0.25) is 0 Å². The molecule has 1 atom stereocenters. The topological polar surface area (TPSA) is 24.9 Å². The largest absolute Gasteiger partial charge is 0.304 e. The van der Waals surface area contributed by atoms with Crippen LogP contribution < -0.4 is 5.32 Å². The van der Waals surface area contributed by atoms with Crippen molar-refractivity contribution in [3.8, 4) is 0 Å². The summed E-state index contributed by atoms with van der Waals surface area (Å²) >= 11 is 7.06. The van der Waals surface area contributed by atoms with E-state index >= 15 is 0 Å². The second kappa shape index (κ2) is 5.40. The minimum Gasteiger partial charge on any atom is -0.304 e. The Morgan fingerprint density at radius 3 is 2.81 bits per heavy atom. The summed E-state index contributed by atoms with van der Waals surface area (Å²) in [5, 5.41) is 8.82. The Balaban J connectivity index is 2.34. The van der Waals surface area contributed by atoms with Crippen molar-refractivity contribution >= 4 is 38.6 Å². The van der Waals surface area contributed by atoms with Gasteiger partial charge >= 0.3 is 0 Å². The average molecular weight is 317 g/mol. The van der Waals surface area contributed by atoms with Crippen molar-refractivity contribution in [2.24, 2.45) is 0 Å². The smallest absolute Gasteiger partial charge is 0.115 e. The second-order valence-electron chi connectivity index (χ2n) is 3.45. The van der Waals surface area contributed by atoms with Gasteiger partial charge in [-0.3, -0.25) is 0 Å². The van der Waals surface area contributed by atoms with E-state index in [2.05, 4.69) is 50.0 Å². The van der Waals surface area contributed by atoms with Gasteiger partial charge in [0, 0.05) is 20.4 Å². The molecule has 5 heteroatoms. The molecule has 0 saturated carbocycles. The number of thiazole rings is 1. The lowest BCUT2D eigenvalue weighted by Gasteiger charge is -2.14. The number of rotatable bonds is 4. The van der Waals surface area contributed by atoms with E-state index in [4.69, 9.17) is 0 Å². The third kappa shape index (κ3) is 2.53. The zero-order valence-corrected chi connectivity index (χ0v) is 12.4. The lowest BCUT2D eigenvalue weighted by atomic mass is 10.2. The summed E-state index contributed by atoms with van der Waals surface area (Å²) in [5.41, 5.74) is 1.09. The van der Waals surface area contributed by atoms with E-state index in [-0.39, 0.29) is 6.04 Å². The molecule has 0 aliphatic rings. The van der Waals surface area contributed by atoms with Gasteiger partial charge in [0.25, 0.3) is 0 Å². The summed E-state index contributed by atoms with van der Waals surface area (Å²) in [4.78, 5) is 5.87. The first kappa shape index (κ1) is 12.2. The van der Waals surface area contributed by atoms with Crippen molar-refractivity contribution < 1.29 is 0 Å². The van der Waals surface area contributed by atoms with Crippen LogP contribution in [0.3, 0.4) is 0 Å². The zero-order valence-electron chi connectivity index (χ0n) is 9.16. The van der Waals surface area contributed by atoms with Gasteiger partial charge in [-0.1, -0.05) is 6.92 Å². The van der Waals surface area contributed by atoms with Crippen molar-refractivity contribution in [1.29, 1.82) is 0 Å². The maximum absolute atomic E-state index is 4.57. The average Bonchev–Trinajstić information content (AvgIpc) is 2.84. The molecule has 0 fully saturated rings. The molecule has 0 aliphatic heterocycles. The van der Waals surface area contributed by atoms with Crippen LogP contribution in [0.15, 0.2) is 21.3 Å². The van der Waals surface area contributed by atoms with Crippen LogP contribution in [0.1, 0.15) is 28.5 Å². The predicted molar refractivity (Wildman–Crippen MR) is 74.4 cm³/mol. The molecular formula is C11H13BrN2S2. The van der Waals surface area contributed by atoms with Gasteiger partial charge in [-0.05, 0) is 40.8 Å². The number of hydrogen-bond acceptors (Lipinski definition) is 4. The number of aromatic nitrogens is 1. The maximum atomic E-state index is 4.57. The number of halogens is 1. The molecule has 2 aromatic heterocycles. The van der Waals surface area contributed by atoms with E-state index in [0.717, 1.165) is 21.7 Å². The Kier molecular flexibility index (Phi) is 4.13. The summed E-state index contributed by atoms with van der Waals surface area (Å²) in [6, 6.07) is 2.31. The Bertz CT molecular complexity index is 464. The molecule has 1 unspecified atom stereocenters. The minimum atomic E-state index is 0.220. The predicted octanol–water partition coefficient (Wildman–Crippen LogP) is 3.97. The molecule has 16 heavy (non-hydrogen) atoms. The van der Waals surface area contributed by atoms with Crippen LogP contribution in [0.25, 0.3) is 0 Å². The number of aryl methyl sites for hydroxylation is 1. The van der Waals surface area contributed by atoms with E-state index in [9.17, 15) is 0 Å². The zero-order chi connectivity index (χ0) is 11.5. The fourth-order valence-corrected chi connectivity index (χ4v) is 4.14. The second-order valence-corrected chi connectivity index (χ2v) is 6.14. The Hall–Kier alpha value is -0.230. The summed E-state index contributed by atoms with van der Waals surface area (Å²) in [5.74, 6) is 0. The standard InChI is InChI=1S/C11H13BrN2S2/c1-3-13-9(10-8(12)4-5-15-10)11-14-7(2)6-16-11/h4-6,9,13H,3H2,1-2H3. The van der Waals surface area contributed by atoms with Crippen LogP contribution in [0.2, 0.25) is 0 Å². The van der Waals surface area contributed by atoms with E-state index in [1.54, 1.807) is 22.7 Å². The summed E-state index contributed by atoms with van der Waals surface area (Å²) in [6.07, 6.45) is 0. The molecule has 0 amide bonds. The highest BCUT2D eigenvalue weighted by molar-refractivity contribution is 9.10. The van der Waals surface area contributed by atoms with E-state index < -0.39 is 0 Å². The molecular weight excluding hydrogens is 304 g/mol. The van der Waals surface area contributed by atoms with Crippen molar-refractivity contribution in [1.82, 2.24) is 10.3 Å². The number of nitrogens with zero attached hydrogens (tertiary/aromatic N) is 1. The van der Waals surface area contributed by atoms with Crippen LogP contribution in [0, 0.1) is 6.92 Å². The van der Waals surface area contributed by atoms with Crippen molar-refractivity contribution in [3.63, 3.8) is 0 Å². The molecule has 1 N–H and O–H groups in total. The molecule has 2 rings (SSSR count). The van der Waals surface area contributed by atoms with Gasteiger partial charge in [-0.25, -0.2) is 4.98 Å². The van der Waals surface area contributed by atoms with E-state index in [1.807, 2.05) is 6.92 Å². The Labute approximate surface area is 112 Å². The first-order chi connectivity index (χ1) is 7.72. The first-order valence-electron chi connectivity index (χ1n) is 5.10. The minimum absolute atomic E-state index is 0.220. The molecule has 0 aliphatic carbocycles. The quantitative estimate of drug-likeness (QED) is 0.923. The van der Waals surface area contributed by atoms with Crippen molar-refractivity contribution in [2.45, 2.75) is 19.9 Å². The maximum Gasteiger partial charge on any atom is 0.115 e. The third-order valence-corrected chi connectivity index (χ3v) is 5.16. The van der Waals surface area contributed by atoms with E-state index in [0.29, 0.717) is 0 Å². The monoisotopic (exact) mass is 316 g/mol. The van der Waals surface area contributed by atoms with Gasteiger partial charge in [-0.2, -0.15) is 0 Å². The summed E-state index contributed by atoms with van der Waals surface area (Å²) in [6.45, 7) is 5.09. The van der Waals surface area contributed by atoms with Gasteiger partial charge in [0.15, 0.2) is 0 Å². The van der Waals surface area contributed by atoms with Crippen molar-refractivity contribution in [3.05, 3.63) is 36.9 Å². The van der Waals surface area contributed by atoms with Gasteiger partial charge in [0.05, 0.1) is 6.04 Å². The number of nitrogens with one attached hydrogen (secondary N) is 1. The fraction of sp³-hybridized carbons (Fsp3) is 0.364. The molecule has 0 spiro atoms. The molecule has 0 bridgehead atoms. The highest BCUT2D eigenvalue weighted by Gasteiger charge is 2.19. The normalized spacial score (nSPS) is 12.9. The molecule has 86 valence electrons. The summed E-state index contributed by atoms with van der Waals surface area (Å²) < 4.78 is 1.16. The van der Waals surface area contributed by atoms with Crippen LogP contribution in [0.4, 0.5) is 0 Å². The van der Waals surface area contributed by atoms with Gasteiger partial charge < -0.3 is 5.32 Å². The highest BCUT2D eigenvalue weighted by Crippen LogP contribution is 2.34. The van der Waals surface area contributed by atoms with Crippen LogP contribution in [0.5, 0.6) is 0 Å². The molecule has 2 heterocycles. The molecule has 0 radical (unpaired) electrons. The fourth-order valence-electron chi connectivity index (χ4n) is 1.51. The Morgan fingerprint density at radius 2 is 2.31 bits per heavy atom. The summed E-state index contributed by atoms with van der Waals surface area (Å²) in [7, 11) is 0. The SMILES string of the molecule is CCNC(c1nc(C)cs1)c1sccc1Br. The van der Waals surface area contributed by atoms with Gasteiger partial charge in [0.1, 0.15) is 5.01 Å². The molecule has 2 aromatic rings. The molecule has 0 aromatic carbocycles. The third-order valence-electron chi connectivity index (χ3n) is 2.20. The van der Waals surface area contributed by atoms with Crippen LogP contribution >= 0.6 is 38.6 Å². The molecule has 0 saturated heterocycles. The Morgan fingerprint density at radius 1 is 1.50 bits per heavy atom. The van der Waals surface area contributed by atoms with Crippen LogP contribution in [-0.2, 0) is 0 Å². The van der Waals surface area contributed by atoms with Crippen molar-refractivity contribution in [2.75, 3.05) is 6.54 Å².